The molecule has 1 saturated carbocycles. The molecule has 0 radical (unpaired) electrons. The summed E-state index contributed by atoms with van der Waals surface area (Å²) in [5, 5.41) is 9.73. The van der Waals surface area contributed by atoms with Crippen molar-refractivity contribution < 1.29 is 5.11 Å². The fourth-order valence-corrected chi connectivity index (χ4v) is 1.40. The molecular formula is C8H12N2O. The Balaban J connectivity index is 2.14. The lowest BCUT2D eigenvalue weighted by atomic mass is 10.2. The van der Waals surface area contributed by atoms with Gasteiger partial charge in [0, 0.05) is 19.5 Å². The van der Waals surface area contributed by atoms with Gasteiger partial charge in [-0.1, -0.05) is 0 Å². The van der Waals surface area contributed by atoms with Crippen LogP contribution in [0.4, 0.5) is 0 Å². The molecule has 0 aromatic rings. The maximum atomic E-state index is 9.73. The van der Waals surface area contributed by atoms with Gasteiger partial charge in [0.15, 0.2) is 0 Å². The summed E-state index contributed by atoms with van der Waals surface area (Å²) in [7, 11) is 1.94. The fourth-order valence-electron chi connectivity index (χ4n) is 1.40. The molecule has 0 aromatic carbocycles. The molecule has 0 spiro atoms. The maximum absolute atomic E-state index is 9.73. The van der Waals surface area contributed by atoms with Crippen molar-refractivity contribution in [2.24, 2.45) is 4.99 Å². The van der Waals surface area contributed by atoms with E-state index < -0.39 is 5.60 Å². The van der Waals surface area contributed by atoms with Crippen LogP contribution in [0.25, 0.3) is 0 Å². The summed E-state index contributed by atoms with van der Waals surface area (Å²) >= 11 is 0. The first-order valence-electron chi connectivity index (χ1n) is 3.87. The molecule has 3 heteroatoms. The zero-order chi connectivity index (χ0) is 7.90. The average Bonchev–Trinajstić information content (AvgIpc) is 2.70. The first-order valence-corrected chi connectivity index (χ1v) is 3.87. The second-order valence-electron chi connectivity index (χ2n) is 3.28. The highest BCUT2D eigenvalue weighted by atomic mass is 16.3. The summed E-state index contributed by atoms with van der Waals surface area (Å²) in [6.07, 6.45) is 7.28. The molecule has 0 bridgehead atoms. The van der Waals surface area contributed by atoms with Gasteiger partial charge >= 0.3 is 0 Å². The van der Waals surface area contributed by atoms with Crippen molar-refractivity contribution in [3.63, 3.8) is 0 Å². The van der Waals surface area contributed by atoms with E-state index in [4.69, 9.17) is 0 Å². The molecular weight excluding hydrogens is 140 g/mol. The van der Waals surface area contributed by atoms with Crippen LogP contribution in [0.2, 0.25) is 0 Å². The largest absolute Gasteiger partial charge is 0.386 e. The summed E-state index contributed by atoms with van der Waals surface area (Å²) in [5.74, 6) is 0. The number of allylic oxidation sites excluding steroid dienone is 1. The zero-order valence-electron chi connectivity index (χ0n) is 6.57. The van der Waals surface area contributed by atoms with Gasteiger partial charge in [-0.3, -0.25) is 4.99 Å². The number of nitrogens with zero attached hydrogens (tertiary/aromatic N) is 2. The number of rotatable bonds is 1. The van der Waals surface area contributed by atoms with Crippen LogP contribution < -0.4 is 0 Å². The van der Waals surface area contributed by atoms with Crippen molar-refractivity contribution in [2.45, 2.75) is 24.6 Å². The summed E-state index contributed by atoms with van der Waals surface area (Å²) in [6.45, 7) is 0. The monoisotopic (exact) mass is 152 g/mol. The Labute approximate surface area is 66.0 Å². The molecule has 1 heterocycles. The van der Waals surface area contributed by atoms with Crippen molar-refractivity contribution in [3.05, 3.63) is 12.3 Å². The van der Waals surface area contributed by atoms with Gasteiger partial charge in [0.2, 0.25) is 0 Å². The summed E-state index contributed by atoms with van der Waals surface area (Å²) in [5.41, 5.74) is -0.532. The van der Waals surface area contributed by atoms with Crippen LogP contribution >= 0.6 is 0 Å². The fraction of sp³-hybridized carbons (Fsp3) is 0.625. The molecule has 1 unspecified atom stereocenters. The third-order valence-electron chi connectivity index (χ3n) is 2.26. The number of aliphatic imine (C=N–C) groups is 1. The van der Waals surface area contributed by atoms with E-state index in [9.17, 15) is 5.11 Å². The van der Waals surface area contributed by atoms with Crippen LogP contribution in [-0.2, 0) is 0 Å². The predicted octanol–water partition coefficient (Wildman–Crippen LogP) is 0.367. The van der Waals surface area contributed by atoms with Crippen molar-refractivity contribution in [3.8, 4) is 0 Å². The minimum atomic E-state index is -0.532. The minimum Gasteiger partial charge on any atom is -0.386 e. The molecule has 0 amide bonds. The van der Waals surface area contributed by atoms with Gasteiger partial charge in [-0.2, -0.15) is 0 Å². The van der Waals surface area contributed by atoms with E-state index in [1.807, 2.05) is 24.2 Å². The number of aliphatic hydroxyl groups is 1. The standard InChI is InChI=1S/C8H12N2O/c1-10-6-2-5-9-7(10)8(11)3-4-8/h2,5-7,11H,3-4H2,1H3. The van der Waals surface area contributed by atoms with E-state index in [1.54, 1.807) is 6.21 Å². The maximum Gasteiger partial charge on any atom is 0.149 e. The molecule has 3 nitrogen and oxygen atoms in total. The van der Waals surface area contributed by atoms with Crippen LogP contribution in [0.5, 0.6) is 0 Å². The van der Waals surface area contributed by atoms with Crippen molar-refractivity contribution in [1.29, 1.82) is 0 Å². The van der Waals surface area contributed by atoms with Gasteiger partial charge < -0.3 is 10.0 Å². The Kier molecular flexibility index (Phi) is 1.29. The van der Waals surface area contributed by atoms with Crippen LogP contribution in [0.3, 0.4) is 0 Å². The lowest BCUT2D eigenvalue weighted by Crippen LogP contribution is -2.39. The zero-order valence-corrected chi connectivity index (χ0v) is 6.57. The molecule has 2 rings (SSSR count). The topological polar surface area (TPSA) is 35.8 Å². The van der Waals surface area contributed by atoms with Crippen LogP contribution in [-0.4, -0.2) is 35.0 Å². The molecule has 0 aromatic heterocycles. The van der Waals surface area contributed by atoms with E-state index in [1.165, 1.54) is 0 Å². The Bertz CT molecular complexity index is 218. The Morgan fingerprint density at radius 2 is 2.36 bits per heavy atom. The van der Waals surface area contributed by atoms with E-state index in [-0.39, 0.29) is 6.17 Å². The number of hydrogen-bond acceptors (Lipinski definition) is 3. The number of hydrogen-bond donors (Lipinski definition) is 1. The smallest absolute Gasteiger partial charge is 0.149 e. The lowest BCUT2D eigenvalue weighted by Gasteiger charge is -2.29. The molecule has 1 fully saturated rings. The molecule has 1 aliphatic heterocycles. The van der Waals surface area contributed by atoms with Crippen LogP contribution in [0, 0.1) is 0 Å². The SMILES string of the molecule is CN1C=CC=NC1C1(O)CC1. The first-order chi connectivity index (χ1) is 5.22. The van der Waals surface area contributed by atoms with Gasteiger partial charge in [0.25, 0.3) is 0 Å². The highest BCUT2D eigenvalue weighted by Crippen LogP contribution is 2.41. The molecule has 60 valence electrons. The third-order valence-corrected chi connectivity index (χ3v) is 2.26. The first kappa shape index (κ1) is 6.85. The Morgan fingerprint density at radius 3 is 2.91 bits per heavy atom. The Morgan fingerprint density at radius 1 is 1.64 bits per heavy atom. The third kappa shape index (κ3) is 1.05. The molecule has 2 aliphatic rings. The molecule has 1 atom stereocenters. The molecule has 1 aliphatic carbocycles. The van der Waals surface area contributed by atoms with E-state index in [2.05, 4.69) is 4.99 Å². The quantitative estimate of drug-likeness (QED) is 0.589. The van der Waals surface area contributed by atoms with E-state index >= 15 is 0 Å². The molecule has 0 saturated heterocycles. The van der Waals surface area contributed by atoms with Gasteiger partial charge in [0.1, 0.15) is 11.8 Å². The van der Waals surface area contributed by atoms with Crippen molar-refractivity contribution >= 4 is 6.21 Å². The van der Waals surface area contributed by atoms with Crippen molar-refractivity contribution in [2.75, 3.05) is 7.05 Å². The normalized spacial score (nSPS) is 32.5. The molecule has 1 N–H and O–H groups in total. The molecule has 11 heavy (non-hydrogen) atoms. The summed E-state index contributed by atoms with van der Waals surface area (Å²) < 4.78 is 0. The van der Waals surface area contributed by atoms with Crippen molar-refractivity contribution in [1.82, 2.24) is 4.90 Å². The van der Waals surface area contributed by atoms with E-state index in [0.717, 1.165) is 12.8 Å². The Hall–Kier alpha value is -0.830. The van der Waals surface area contributed by atoms with Crippen LogP contribution in [0.15, 0.2) is 17.3 Å². The lowest BCUT2D eigenvalue weighted by molar-refractivity contribution is 0.0660. The van der Waals surface area contributed by atoms with Gasteiger partial charge in [0.05, 0.1) is 0 Å². The predicted molar refractivity (Wildman–Crippen MR) is 43.4 cm³/mol. The highest BCUT2D eigenvalue weighted by Gasteiger charge is 2.49. The summed E-state index contributed by atoms with van der Waals surface area (Å²) in [6, 6.07) is 0. The van der Waals surface area contributed by atoms with Gasteiger partial charge in [-0.05, 0) is 18.9 Å². The van der Waals surface area contributed by atoms with Crippen LogP contribution in [0.1, 0.15) is 12.8 Å². The van der Waals surface area contributed by atoms with Gasteiger partial charge in [-0.25, -0.2) is 0 Å². The second-order valence-corrected chi connectivity index (χ2v) is 3.28. The number of likely N-dealkylation sites (N-methyl/N-ethyl adjacent to an activating group) is 1. The summed E-state index contributed by atoms with van der Waals surface area (Å²) in [4.78, 5) is 6.16. The average molecular weight is 152 g/mol. The highest BCUT2D eigenvalue weighted by molar-refractivity contribution is 5.72. The minimum absolute atomic E-state index is 0.0486. The van der Waals surface area contributed by atoms with E-state index in [0.29, 0.717) is 0 Å². The second kappa shape index (κ2) is 2.08. The van der Waals surface area contributed by atoms with Gasteiger partial charge in [-0.15, -0.1) is 0 Å².